The predicted molar refractivity (Wildman–Crippen MR) is 376 cm³/mol. The van der Waals surface area contributed by atoms with Crippen LogP contribution in [0.5, 0.6) is 0 Å². The molecule has 0 saturated carbocycles. The molecular weight excluding hydrogens is 1040 g/mol. The number of aliphatic hydroxyl groups is 4. The molecule has 0 aliphatic carbocycles. The molecule has 0 aromatic rings. The lowest BCUT2D eigenvalue weighted by molar-refractivity contribution is -0.132. The molecule has 0 aromatic carbocycles. The molecule has 1 amide bonds. The summed E-state index contributed by atoms with van der Waals surface area (Å²) in [6.45, 7) is 4.11. The first-order chi connectivity index (χ1) is 42.0. The summed E-state index contributed by atoms with van der Waals surface area (Å²) >= 11 is 0. The van der Waals surface area contributed by atoms with Gasteiger partial charge in [-0.05, 0) is 70.6 Å². The summed E-state index contributed by atoms with van der Waals surface area (Å²) in [6.07, 6.45) is 96.0. The Balaban J connectivity index is 3.54. The molecule has 6 heteroatoms. The van der Waals surface area contributed by atoms with E-state index in [1.807, 2.05) is 0 Å². The van der Waals surface area contributed by atoms with Crippen molar-refractivity contribution in [1.82, 2.24) is 5.32 Å². The van der Waals surface area contributed by atoms with Crippen molar-refractivity contribution in [2.45, 2.75) is 456 Å². The highest BCUT2D eigenvalue weighted by Gasteiger charge is 2.28. The fourth-order valence-electron chi connectivity index (χ4n) is 12.6. The van der Waals surface area contributed by atoms with Crippen LogP contribution >= 0.6 is 0 Å². The number of carbonyl (C=O) groups is 1. The molecule has 0 saturated heterocycles. The van der Waals surface area contributed by atoms with Gasteiger partial charge >= 0.3 is 0 Å². The summed E-state index contributed by atoms with van der Waals surface area (Å²) in [7, 11) is 0. The zero-order chi connectivity index (χ0) is 61.5. The van der Waals surface area contributed by atoms with E-state index in [-0.39, 0.29) is 0 Å². The zero-order valence-electron chi connectivity index (χ0n) is 57.6. The van der Waals surface area contributed by atoms with E-state index in [1.54, 1.807) is 0 Å². The van der Waals surface area contributed by atoms with Gasteiger partial charge in [-0.15, -0.1) is 0 Å². The summed E-state index contributed by atoms with van der Waals surface area (Å²) < 4.78 is 0. The molecule has 0 aromatic heterocycles. The summed E-state index contributed by atoms with van der Waals surface area (Å²) in [4.78, 5) is 12.7. The first-order valence-electron chi connectivity index (χ1n) is 38.9. The van der Waals surface area contributed by atoms with Crippen molar-refractivity contribution in [2.75, 3.05) is 6.61 Å². The van der Waals surface area contributed by atoms with Crippen LogP contribution in [0.15, 0.2) is 36.5 Å². The average molecular weight is 1200 g/mol. The van der Waals surface area contributed by atoms with Gasteiger partial charge in [-0.1, -0.05) is 397 Å². The Hall–Kier alpha value is -1.47. The predicted octanol–water partition coefficient (Wildman–Crippen LogP) is 24.6. The van der Waals surface area contributed by atoms with E-state index in [9.17, 15) is 25.2 Å². The van der Waals surface area contributed by atoms with Crippen LogP contribution in [0.4, 0.5) is 0 Å². The molecule has 5 N–H and O–H groups in total. The summed E-state index contributed by atoms with van der Waals surface area (Å²) in [5.41, 5.74) is 0. The van der Waals surface area contributed by atoms with Crippen molar-refractivity contribution in [3.63, 3.8) is 0 Å². The maximum atomic E-state index is 12.7. The molecule has 504 valence electrons. The van der Waals surface area contributed by atoms with Crippen molar-refractivity contribution < 1.29 is 25.2 Å². The molecule has 0 radical (unpaired) electrons. The van der Waals surface area contributed by atoms with Crippen molar-refractivity contribution in [1.29, 1.82) is 0 Å². The topological polar surface area (TPSA) is 110 Å². The fourth-order valence-corrected chi connectivity index (χ4v) is 12.6. The lowest BCUT2D eigenvalue weighted by Crippen LogP contribution is -2.53. The Morgan fingerprint density at radius 1 is 0.294 bits per heavy atom. The van der Waals surface area contributed by atoms with Crippen LogP contribution in [0.1, 0.15) is 431 Å². The van der Waals surface area contributed by atoms with E-state index in [4.69, 9.17) is 0 Å². The molecular formula is C79H153NO5. The highest BCUT2D eigenvalue weighted by atomic mass is 16.3. The third-order valence-corrected chi connectivity index (χ3v) is 18.6. The normalized spacial score (nSPS) is 13.5. The SMILES string of the molecule is CCCCCCCCCCCCCCCCC/C=C\C/C=C\CCCCCCCCCCCCCCCCCCC(O)C(=O)NC(CO)C(O)C(O)CCC/C=C/CCCCCCCCCCCCCCCCCCCCCCCCCCCC. The van der Waals surface area contributed by atoms with Gasteiger partial charge in [-0.25, -0.2) is 0 Å². The van der Waals surface area contributed by atoms with E-state index in [0.29, 0.717) is 12.8 Å². The van der Waals surface area contributed by atoms with E-state index >= 15 is 0 Å². The Morgan fingerprint density at radius 3 is 0.776 bits per heavy atom. The van der Waals surface area contributed by atoms with Crippen molar-refractivity contribution in [3.8, 4) is 0 Å². The number of rotatable bonds is 73. The Kier molecular flexibility index (Phi) is 72.0. The van der Waals surface area contributed by atoms with Crippen LogP contribution in [-0.4, -0.2) is 57.3 Å². The van der Waals surface area contributed by atoms with Crippen molar-refractivity contribution in [2.24, 2.45) is 0 Å². The summed E-state index contributed by atoms with van der Waals surface area (Å²) in [6, 6.07) is -1.00. The summed E-state index contributed by atoms with van der Waals surface area (Å²) in [5, 5.41) is 44.3. The van der Waals surface area contributed by atoms with Gasteiger partial charge in [0.05, 0.1) is 18.8 Å². The van der Waals surface area contributed by atoms with Gasteiger partial charge in [0.1, 0.15) is 12.2 Å². The third-order valence-electron chi connectivity index (χ3n) is 18.6. The van der Waals surface area contributed by atoms with Gasteiger partial charge < -0.3 is 25.7 Å². The quantitative estimate of drug-likeness (QED) is 0.0308. The Morgan fingerprint density at radius 2 is 0.518 bits per heavy atom. The smallest absolute Gasteiger partial charge is 0.249 e. The first kappa shape index (κ1) is 83.5. The van der Waals surface area contributed by atoms with Gasteiger partial charge in [0.2, 0.25) is 5.91 Å². The minimum absolute atomic E-state index is 0.365. The van der Waals surface area contributed by atoms with Crippen molar-refractivity contribution >= 4 is 5.91 Å². The monoisotopic (exact) mass is 1200 g/mol. The average Bonchev–Trinajstić information content (AvgIpc) is 3.51. The second kappa shape index (κ2) is 73.3. The van der Waals surface area contributed by atoms with Gasteiger partial charge in [0.15, 0.2) is 0 Å². The zero-order valence-corrected chi connectivity index (χ0v) is 57.6. The van der Waals surface area contributed by atoms with Crippen LogP contribution in [0, 0.1) is 0 Å². The van der Waals surface area contributed by atoms with Crippen LogP contribution in [-0.2, 0) is 4.79 Å². The van der Waals surface area contributed by atoms with Crippen LogP contribution in [0.3, 0.4) is 0 Å². The molecule has 85 heavy (non-hydrogen) atoms. The molecule has 4 unspecified atom stereocenters. The molecule has 0 spiro atoms. The fraction of sp³-hybridized carbons (Fsp3) is 0.911. The second-order valence-corrected chi connectivity index (χ2v) is 27.1. The molecule has 0 rings (SSSR count). The standard InChI is InChI=1S/C79H153NO5/c1-3-5-7-9-11-13-15-17-19-21-23-25-27-29-31-33-35-36-37-38-39-40-41-43-45-47-49-51-53-55-57-59-61-63-65-67-69-71-73-77(83)79(85)80-75(74-81)78(84)76(82)72-70-68-66-64-62-60-58-56-54-52-50-48-46-44-42-34-32-30-28-26-24-22-20-18-16-14-12-10-8-6-4-2/h35-36,38-39,64,66,75-78,81-84H,3-34,37,40-63,65,67-74H2,1-2H3,(H,80,85)/b36-35-,39-38-,66-64+. The van der Waals surface area contributed by atoms with Gasteiger partial charge in [-0.3, -0.25) is 4.79 Å². The lowest BCUT2D eigenvalue weighted by Gasteiger charge is -2.27. The number of carbonyl (C=O) groups excluding carboxylic acids is 1. The highest BCUT2D eigenvalue weighted by Crippen LogP contribution is 2.20. The van der Waals surface area contributed by atoms with E-state index in [2.05, 4.69) is 55.6 Å². The van der Waals surface area contributed by atoms with Crippen LogP contribution in [0.2, 0.25) is 0 Å². The third kappa shape index (κ3) is 66.8. The van der Waals surface area contributed by atoms with E-state index < -0.39 is 36.9 Å². The highest BCUT2D eigenvalue weighted by molar-refractivity contribution is 5.80. The number of hydrogen-bond donors (Lipinski definition) is 5. The number of aliphatic hydroxyl groups excluding tert-OH is 4. The number of unbranched alkanes of at least 4 members (excludes halogenated alkanes) is 58. The maximum absolute atomic E-state index is 12.7. The minimum Gasteiger partial charge on any atom is -0.394 e. The number of nitrogens with one attached hydrogen (secondary N) is 1. The molecule has 0 aliphatic heterocycles. The van der Waals surface area contributed by atoms with Crippen LogP contribution < -0.4 is 5.32 Å². The second-order valence-electron chi connectivity index (χ2n) is 27.1. The molecule has 0 heterocycles. The van der Waals surface area contributed by atoms with Crippen molar-refractivity contribution in [3.05, 3.63) is 36.5 Å². The van der Waals surface area contributed by atoms with Gasteiger partial charge in [-0.2, -0.15) is 0 Å². The van der Waals surface area contributed by atoms with Gasteiger partial charge in [0.25, 0.3) is 0 Å². The number of allylic oxidation sites excluding steroid dienone is 6. The minimum atomic E-state index is -1.28. The Labute approximate surface area is 532 Å². The number of hydrogen-bond acceptors (Lipinski definition) is 5. The van der Waals surface area contributed by atoms with E-state index in [1.165, 1.54) is 360 Å². The molecule has 6 nitrogen and oxygen atoms in total. The number of amides is 1. The largest absolute Gasteiger partial charge is 0.394 e. The van der Waals surface area contributed by atoms with Gasteiger partial charge in [0, 0.05) is 0 Å². The molecule has 0 aliphatic rings. The van der Waals surface area contributed by atoms with E-state index in [0.717, 1.165) is 44.9 Å². The molecule has 0 fully saturated rings. The Bertz CT molecular complexity index is 1350. The molecule has 0 bridgehead atoms. The maximum Gasteiger partial charge on any atom is 0.249 e. The lowest BCUT2D eigenvalue weighted by atomic mass is 10.00. The summed E-state index contributed by atoms with van der Waals surface area (Å²) in [5.74, 6) is -0.586. The first-order valence-corrected chi connectivity index (χ1v) is 38.9. The molecule has 4 atom stereocenters. The van der Waals surface area contributed by atoms with Crippen LogP contribution in [0.25, 0.3) is 0 Å².